The first-order valence-corrected chi connectivity index (χ1v) is 7.88. The average Bonchev–Trinajstić information content (AvgIpc) is 2.12. The largest absolute Gasteiger partial charge is 0.480 e. The number of aliphatic carboxylic acids is 1. The minimum atomic E-state index is -0.942. The Hall–Kier alpha value is -1.26. The van der Waals surface area contributed by atoms with Crippen LogP contribution in [0.15, 0.2) is 0 Å². The summed E-state index contributed by atoms with van der Waals surface area (Å²) in [6.45, 7) is 5.32. The summed E-state index contributed by atoms with van der Waals surface area (Å²) >= 11 is 0. The Bertz CT molecular complexity index is 455. The van der Waals surface area contributed by atoms with Crippen LogP contribution in [0.1, 0.15) is 59.3 Å². The highest BCUT2D eigenvalue weighted by Crippen LogP contribution is 2.79. The maximum absolute atomic E-state index is 11.9. The van der Waals surface area contributed by atoms with Gasteiger partial charge in [-0.2, -0.15) is 0 Å². The summed E-state index contributed by atoms with van der Waals surface area (Å²) in [5, 5.41) is 12.1. The molecule has 4 fully saturated rings. The third kappa shape index (κ3) is 2.30. The van der Waals surface area contributed by atoms with E-state index in [1.54, 1.807) is 20.8 Å². The molecule has 4 aliphatic carbocycles. The van der Waals surface area contributed by atoms with Gasteiger partial charge >= 0.3 is 12.1 Å². The zero-order chi connectivity index (χ0) is 15.5. The van der Waals surface area contributed by atoms with Crippen molar-refractivity contribution in [3.63, 3.8) is 0 Å². The number of carbonyl (C=O) groups is 2. The Morgan fingerprint density at radius 3 is 2.19 bits per heavy atom. The summed E-state index contributed by atoms with van der Waals surface area (Å²) in [7, 11) is 0. The molecule has 4 rings (SSSR count). The summed E-state index contributed by atoms with van der Waals surface area (Å²) in [4.78, 5) is 23.4. The lowest BCUT2D eigenvalue weighted by atomic mass is 9.28. The van der Waals surface area contributed by atoms with Gasteiger partial charge < -0.3 is 15.2 Å². The number of hydrogen-bond donors (Lipinski definition) is 2. The summed E-state index contributed by atoms with van der Waals surface area (Å²) in [5.41, 5.74) is -0.431. The highest BCUT2D eigenvalue weighted by atomic mass is 16.6. The lowest BCUT2D eigenvalue weighted by Gasteiger charge is -2.76. The number of carbonyl (C=O) groups excluding carboxylic acids is 1. The maximum Gasteiger partial charge on any atom is 0.408 e. The van der Waals surface area contributed by atoms with Gasteiger partial charge in [0.25, 0.3) is 0 Å². The van der Waals surface area contributed by atoms with Gasteiger partial charge in [0.15, 0.2) is 0 Å². The lowest BCUT2D eigenvalue weighted by molar-refractivity contribution is -0.262. The van der Waals surface area contributed by atoms with Crippen molar-refractivity contribution in [2.45, 2.75) is 70.9 Å². The molecule has 0 aromatic rings. The van der Waals surface area contributed by atoms with Crippen molar-refractivity contribution in [1.29, 1.82) is 0 Å². The van der Waals surface area contributed by atoms with E-state index in [2.05, 4.69) is 5.32 Å². The Kier molecular flexibility index (Phi) is 3.05. The van der Waals surface area contributed by atoms with E-state index < -0.39 is 23.7 Å². The highest BCUT2D eigenvalue weighted by molar-refractivity contribution is 5.81. The first kappa shape index (κ1) is 14.7. The molecule has 0 spiro atoms. The molecular weight excluding hydrogens is 270 g/mol. The second kappa shape index (κ2) is 4.37. The van der Waals surface area contributed by atoms with Crippen molar-refractivity contribution in [2.75, 3.05) is 0 Å². The quantitative estimate of drug-likeness (QED) is 0.836. The number of nitrogens with one attached hydrogen (secondary N) is 1. The van der Waals surface area contributed by atoms with Gasteiger partial charge in [0.2, 0.25) is 0 Å². The molecule has 0 saturated heterocycles. The zero-order valence-corrected chi connectivity index (χ0v) is 13.1. The molecule has 2 N–H and O–H groups in total. The van der Waals surface area contributed by atoms with Crippen molar-refractivity contribution >= 4 is 12.1 Å². The summed E-state index contributed by atoms with van der Waals surface area (Å²) in [6, 6.07) is -0.811. The molecule has 118 valence electrons. The van der Waals surface area contributed by atoms with E-state index in [4.69, 9.17) is 4.74 Å². The molecule has 1 amide bonds. The van der Waals surface area contributed by atoms with Gasteiger partial charge in [-0.15, -0.1) is 0 Å². The van der Waals surface area contributed by atoms with Crippen LogP contribution in [-0.2, 0) is 9.53 Å². The van der Waals surface area contributed by atoms with E-state index in [0.717, 1.165) is 25.2 Å². The van der Waals surface area contributed by atoms with E-state index >= 15 is 0 Å². The van der Waals surface area contributed by atoms with Crippen LogP contribution < -0.4 is 5.32 Å². The van der Waals surface area contributed by atoms with Crippen LogP contribution >= 0.6 is 0 Å². The number of hydrogen-bond acceptors (Lipinski definition) is 3. The third-order valence-electron chi connectivity index (χ3n) is 5.60. The monoisotopic (exact) mass is 295 g/mol. The van der Waals surface area contributed by atoms with E-state index in [9.17, 15) is 14.7 Å². The molecule has 2 bridgehead atoms. The van der Waals surface area contributed by atoms with Crippen molar-refractivity contribution in [1.82, 2.24) is 5.32 Å². The van der Waals surface area contributed by atoms with Crippen LogP contribution in [0.25, 0.3) is 0 Å². The minimum absolute atomic E-state index is 0.224. The molecule has 4 aliphatic rings. The molecule has 5 heteroatoms. The van der Waals surface area contributed by atoms with Gasteiger partial charge in [0.05, 0.1) is 0 Å². The van der Waals surface area contributed by atoms with Gasteiger partial charge in [0.1, 0.15) is 11.6 Å². The fourth-order valence-corrected chi connectivity index (χ4v) is 4.61. The highest BCUT2D eigenvalue weighted by Gasteiger charge is 2.74. The first-order chi connectivity index (χ1) is 9.66. The molecule has 0 aromatic carbocycles. The Morgan fingerprint density at radius 2 is 1.81 bits per heavy atom. The Balaban J connectivity index is 1.60. The fraction of sp³-hybridized carbons (Fsp3) is 0.875. The van der Waals surface area contributed by atoms with Gasteiger partial charge in [-0.3, -0.25) is 0 Å². The number of rotatable bonds is 4. The minimum Gasteiger partial charge on any atom is -0.480 e. The van der Waals surface area contributed by atoms with Crippen LogP contribution in [0.2, 0.25) is 0 Å². The number of amides is 1. The molecule has 0 heterocycles. The number of carboxylic acid groups (broad SMARTS) is 1. The zero-order valence-electron chi connectivity index (χ0n) is 13.1. The van der Waals surface area contributed by atoms with Crippen LogP contribution in [0, 0.1) is 16.7 Å². The molecule has 4 saturated carbocycles. The molecule has 1 atom stereocenters. The van der Waals surface area contributed by atoms with Crippen molar-refractivity contribution in [2.24, 2.45) is 16.7 Å². The van der Waals surface area contributed by atoms with Crippen molar-refractivity contribution < 1.29 is 19.4 Å². The van der Waals surface area contributed by atoms with E-state index in [1.165, 1.54) is 19.3 Å². The van der Waals surface area contributed by atoms with Gasteiger partial charge in [-0.25, -0.2) is 9.59 Å². The van der Waals surface area contributed by atoms with Crippen LogP contribution in [-0.4, -0.2) is 28.8 Å². The Morgan fingerprint density at radius 1 is 1.24 bits per heavy atom. The third-order valence-corrected chi connectivity index (χ3v) is 5.60. The predicted octanol–water partition coefficient (Wildman–Crippen LogP) is 2.93. The number of alkyl carbamates (subject to hydrolysis) is 1. The molecular formula is C16H25NO4. The molecule has 21 heavy (non-hydrogen) atoms. The SMILES string of the molecule is CC(C)(C)OC(=O)NC(C(=O)O)C12CC(C3CCC3)(C1)C2. The van der Waals surface area contributed by atoms with E-state index in [1.807, 2.05) is 0 Å². The molecule has 1 unspecified atom stereocenters. The topological polar surface area (TPSA) is 75.6 Å². The van der Waals surface area contributed by atoms with E-state index in [0.29, 0.717) is 5.41 Å². The summed E-state index contributed by atoms with van der Waals surface area (Å²) in [6.07, 6.45) is 6.16. The predicted molar refractivity (Wildman–Crippen MR) is 76.9 cm³/mol. The fourth-order valence-electron chi connectivity index (χ4n) is 4.61. The van der Waals surface area contributed by atoms with Gasteiger partial charge in [-0.1, -0.05) is 6.42 Å². The van der Waals surface area contributed by atoms with Crippen molar-refractivity contribution in [3.05, 3.63) is 0 Å². The van der Waals surface area contributed by atoms with Crippen LogP contribution in [0.3, 0.4) is 0 Å². The molecule has 0 radical (unpaired) electrons. The van der Waals surface area contributed by atoms with Gasteiger partial charge in [-0.05, 0) is 64.2 Å². The van der Waals surface area contributed by atoms with Crippen LogP contribution in [0.5, 0.6) is 0 Å². The maximum atomic E-state index is 11.9. The van der Waals surface area contributed by atoms with Gasteiger partial charge in [0, 0.05) is 5.41 Å². The van der Waals surface area contributed by atoms with Crippen LogP contribution in [0.4, 0.5) is 4.79 Å². The first-order valence-electron chi connectivity index (χ1n) is 7.88. The Labute approximate surface area is 125 Å². The lowest BCUT2D eigenvalue weighted by Crippen LogP contribution is -2.74. The normalized spacial score (nSPS) is 35.8. The van der Waals surface area contributed by atoms with E-state index in [-0.39, 0.29) is 5.41 Å². The van der Waals surface area contributed by atoms with Crippen molar-refractivity contribution in [3.8, 4) is 0 Å². The second-order valence-electron chi connectivity index (χ2n) is 8.30. The average molecular weight is 295 g/mol. The summed E-state index contributed by atoms with van der Waals surface area (Å²) < 4.78 is 5.19. The molecule has 0 aliphatic heterocycles. The second-order valence-corrected chi connectivity index (χ2v) is 8.30. The molecule has 5 nitrogen and oxygen atoms in total. The summed E-state index contributed by atoms with van der Waals surface area (Å²) in [5.74, 6) is -0.141. The molecule has 0 aromatic heterocycles. The number of carboxylic acids is 1. The standard InChI is InChI=1S/C16H25NO4/c1-14(2,3)21-13(20)17-11(12(18)19)16-7-15(8-16,9-16)10-5-4-6-10/h10-11H,4-9H2,1-3H3,(H,17,20)(H,18,19). The smallest absolute Gasteiger partial charge is 0.408 e. The number of ether oxygens (including phenoxy) is 1.